The van der Waals surface area contributed by atoms with Gasteiger partial charge in [-0.3, -0.25) is 0 Å². The van der Waals surface area contributed by atoms with Crippen LogP contribution in [0.25, 0.3) is 0 Å². The van der Waals surface area contributed by atoms with Crippen molar-refractivity contribution < 1.29 is 28.8 Å². The zero-order chi connectivity index (χ0) is 13.5. The molecule has 2 aliphatic rings. The molecule has 0 saturated carbocycles. The van der Waals surface area contributed by atoms with E-state index < -0.39 is 6.16 Å². The van der Waals surface area contributed by atoms with E-state index in [0.717, 1.165) is 0 Å². The normalized spacial score (nSPS) is 18.4. The van der Waals surface area contributed by atoms with E-state index in [0.29, 0.717) is 26.4 Å². The lowest BCUT2D eigenvalue weighted by atomic mass is 10.3. The third kappa shape index (κ3) is 4.82. The number of pyridine rings is 1. The number of rotatable bonds is 2. The summed E-state index contributed by atoms with van der Waals surface area (Å²) in [6.07, 6.45) is 0.466. The van der Waals surface area contributed by atoms with Crippen LogP contribution >= 0.6 is 0 Å². The van der Waals surface area contributed by atoms with Crippen LogP contribution in [0.2, 0.25) is 0 Å². The van der Waals surface area contributed by atoms with Gasteiger partial charge in [0.15, 0.2) is 6.10 Å². The molecule has 3 rings (SSSR count). The van der Waals surface area contributed by atoms with Gasteiger partial charge in [0.2, 0.25) is 5.88 Å². The van der Waals surface area contributed by atoms with Crippen molar-refractivity contribution in [3.05, 3.63) is 24.4 Å². The first-order valence-corrected chi connectivity index (χ1v) is 5.87. The summed E-state index contributed by atoms with van der Waals surface area (Å²) in [6.45, 7) is 1.97. The largest absolute Gasteiger partial charge is 0.515 e. The highest BCUT2D eigenvalue weighted by Gasteiger charge is 2.23. The standard InChI is InChI=1S/C9H9NO4.C3H6O2/c11-9(13-7-5-12-6-7)14-8-3-1-2-4-10-8;4-3-1-5-2-3/h1-4,7H,5-6H2;3-4H,1-2H2. The lowest BCUT2D eigenvalue weighted by molar-refractivity contribution is -0.107. The minimum absolute atomic E-state index is 0.157. The Kier molecular flexibility index (Phi) is 5.08. The predicted molar refractivity (Wildman–Crippen MR) is 62.8 cm³/mol. The van der Waals surface area contributed by atoms with Gasteiger partial charge in [-0.25, -0.2) is 9.78 Å². The molecule has 0 spiro atoms. The van der Waals surface area contributed by atoms with Crippen LogP contribution in [0, 0.1) is 0 Å². The summed E-state index contributed by atoms with van der Waals surface area (Å²) >= 11 is 0. The summed E-state index contributed by atoms with van der Waals surface area (Å²) in [4.78, 5) is 14.9. The van der Waals surface area contributed by atoms with E-state index in [1.807, 2.05) is 0 Å². The van der Waals surface area contributed by atoms with E-state index in [2.05, 4.69) is 9.72 Å². The Hall–Kier alpha value is -1.70. The summed E-state index contributed by atoms with van der Waals surface area (Å²) in [6, 6.07) is 5.04. The zero-order valence-corrected chi connectivity index (χ0v) is 10.2. The number of nitrogens with zero attached hydrogens (tertiary/aromatic N) is 1. The Labute approximate surface area is 110 Å². The van der Waals surface area contributed by atoms with Crippen molar-refractivity contribution in [1.82, 2.24) is 4.98 Å². The van der Waals surface area contributed by atoms with E-state index in [4.69, 9.17) is 19.3 Å². The number of carbonyl (C=O) groups is 1. The fourth-order valence-electron chi connectivity index (χ4n) is 1.16. The number of hydrogen-bond donors (Lipinski definition) is 1. The lowest BCUT2D eigenvalue weighted by Gasteiger charge is -2.24. The van der Waals surface area contributed by atoms with Crippen LogP contribution in [0.4, 0.5) is 4.79 Å². The second-order valence-electron chi connectivity index (χ2n) is 3.99. The third-order valence-corrected chi connectivity index (χ3v) is 2.32. The molecule has 1 aromatic rings. The quantitative estimate of drug-likeness (QED) is 0.776. The molecule has 3 heterocycles. The van der Waals surface area contributed by atoms with Crippen LogP contribution in [0.3, 0.4) is 0 Å². The SMILES string of the molecule is O=C(Oc1ccccn1)OC1COC1.OC1COC1. The number of hydrogen-bond acceptors (Lipinski definition) is 7. The smallest absolute Gasteiger partial charge is 0.426 e. The molecule has 7 heteroatoms. The molecule has 0 amide bonds. The van der Waals surface area contributed by atoms with Crippen molar-refractivity contribution in [2.75, 3.05) is 26.4 Å². The second-order valence-corrected chi connectivity index (χ2v) is 3.99. The maximum absolute atomic E-state index is 11.1. The van der Waals surface area contributed by atoms with Gasteiger partial charge in [-0.05, 0) is 6.07 Å². The molecule has 104 valence electrons. The van der Waals surface area contributed by atoms with Crippen LogP contribution in [0.15, 0.2) is 24.4 Å². The van der Waals surface area contributed by atoms with E-state index >= 15 is 0 Å². The maximum Gasteiger partial charge on any atom is 0.515 e. The monoisotopic (exact) mass is 269 g/mol. The number of aromatic nitrogens is 1. The van der Waals surface area contributed by atoms with Crippen LogP contribution in [0.5, 0.6) is 5.88 Å². The van der Waals surface area contributed by atoms with Gasteiger partial charge in [0.05, 0.1) is 26.4 Å². The van der Waals surface area contributed by atoms with Crippen LogP contribution < -0.4 is 4.74 Å². The van der Waals surface area contributed by atoms with Gasteiger partial charge in [0.25, 0.3) is 0 Å². The van der Waals surface area contributed by atoms with Crippen molar-refractivity contribution in [3.63, 3.8) is 0 Å². The fraction of sp³-hybridized carbons (Fsp3) is 0.500. The Morgan fingerprint density at radius 1 is 1.26 bits per heavy atom. The molecule has 19 heavy (non-hydrogen) atoms. The van der Waals surface area contributed by atoms with Gasteiger partial charge in [0, 0.05) is 12.3 Å². The minimum Gasteiger partial charge on any atom is -0.426 e. The first-order chi connectivity index (χ1) is 9.24. The average molecular weight is 269 g/mol. The van der Waals surface area contributed by atoms with Crippen molar-refractivity contribution in [1.29, 1.82) is 0 Å². The topological polar surface area (TPSA) is 87.1 Å². The van der Waals surface area contributed by atoms with Crippen LogP contribution in [0.1, 0.15) is 0 Å². The molecule has 2 aliphatic heterocycles. The Morgan fingerprint density at radius 3 is 2.37 bits per heavy atom. The van der Waals surface area contributed by atoms with Crippen molar-refractivity contribution >= 4 is 6.16 Å². The van der Waals surface area contributed by atoms with Crippen molar-refractivity contribution in [2.24, 2.45) is 0 Å². The van der Waals surface area contributed by atoms with E-state index in [1.165, 1.54) is 6.20 Å². The molecule has 1 N–H and O–H groups in total. The highest BCUT2D eigenvalue weighted by molar-refractivity contribution is 5.63. The Morgan fingerprint density at radius 2 is 1.95 bits per heavy atom. The van der Waals surface area contributed by atoms with E-state index in [-0.39, 0.29) is 18.1 Å². The molecular weight excluding hydrogens is 254 g/mol. The molecule has 2 saturated heterocycles. The second kappa shape index (κ2) is 7.03. The predicted octanol–water partition coefficient (Wildman–Crippen LogP) is 0.373. The highest BCUT2D eigenvalue weighted by Crippen LogP contribution is 2.09. The molecule has 0 aliphatic carbocycles. The van der Waals surface area contributed by atoms with Gasteiger partial charge in [-0.2, -0.15) is 0 Å². The molecule has 0 bridgehead atoms. The first-order valence-electron chi connectivity index (χ1n) is 5.87. The number of ether oxygens (including phenoxy) is 4. The number of aliphatic hydroxyl groups is 1. The summed E-state index contributed by atoms with van der Waals surface area (Å²) in [5, 5.41) is 8.32. The molecule has 0 radical (unpaired) electrons. The Balaban J connectivity index is 0.000000224. The van der Waals surface area contributed by atoms with Crippen LogP contribution in [-0.4, -0.2) is 54.9 Å². The minimum atomic E-state index is -0.739. The summed E-state index contributed by atoms with van der Waals surface area (Å²) < 4.78 is 19.1. The summed E-state index contributed by atoms with van der Waals surface area (Å²) in [7, 11) is 0. The number of carbonyl (C=O) groups excluding carboxylic acids is 1. The van der Waals surface area contributed by atoms with Gasteiger partial charge in [-0.1, -0.05) is 6.07 Å². The molecule has 0 atom stereocenters. The molecule has 7 nitrogen and oxygen atoms in total. The molecular formula is C12H15NO6. The third-order valence-electron chi connectivity index (χ3n) is 2.32. The summed E-state index contributed by atoms with van der Waals surface area (Å²) in [5.74, 6) is 0.234. The van der Waals surface area contributed by atoms with Gasteiger partial charge >= 0.3 is 6.16 Å². The maximum atomic E-state index is 11.1. The van der Waals surface area contributed by atoms with E-state index in [1.54, 1.807) is 18.2 Å². The first kappa shape index (κ1) is 13.7. The zero-order valence-electron chi connectivity index (χ0n) is 10.2. The summed E-state index contributed by atoms with van der Waals surface area (Å²) in [5.41, 5.74) is 0. The molecule has 0 unspecified atom stereocenters. The molecule has 1 aromatic heterocycles. The van der Waals surface area contributed by atoms with Gasteiger partial charge < -0.3 is 24.1 Å². The molecule has 0 aromatic carbocycles. The van der Waals surface area contributed by atoms with Crippen molar-refractivity contribution in [2.45, 2.75) is 12.2 Å². The highest BCUT2D eigenvalue weighted by atomic mass is 16.7. The lowest BCUT2D eigenvalue weighted by Crippen LogP contribution is -2.38. The van der Waals surface area contributed by atoms with E-state index in [9.17, 15) is 4.79 Å². The van der Waals surface area contributed by atoms with Gasteiger partial charge in [-0.15, -0.1) is 0 Å². The van der Waals surface area contributed by atoms with Crippen LogP contribution in [-0.2, 0) is 14.2 Å². The average Bonchev–Trinajstić information content (AvgIpc) is 2.33. The van der Waals surface area contributed by atoms with Crippen molar-refractivity contribution in [3.8, 4) is 5.88 Å². The Bertz CT molecular complexity index is 390. The number of aliphatic hydroxyl groups excluding tert-OH is 1. The van der Waals surface area contributed by atoms with Gasteiger partial charge in [0.1, 0.15) is 6.10 Å². The fourth-order valence-corrected chi connectivity index (χ4v) is 1.16. The molecule has 2 fully saturated rings.